The number of anilines is 1. The van der Waals surface area contributed by atoms with Crippen LogP contribution >= 0.6 is 23.2 Å². The molecule has 0 aliphatic rings. The van der Waals surface area contributed by atoms with Crippen LogP contribution in [0.3, 0.4) is 0 Å². The van der Waals surface area contributed by atoms with Crippen molar-refractivity contribution in [3.63, 3.8) is 0 Å². The van der Waals surface area contributed by atoms with Crippen molar-refractivity contribution in [2.75, 3.05) is 19.0 Å². The molecule has 0 saturated carbocycles. The maximum Gasteiger partial charge on any atom is 0.323 e. The number of rotatable bonds is 8. The summed E-state index contributed by atoms with van der Waals surface area (Å²) >= 11 is 11.9. The summed E-state index contributed by atoms with van der Waals surface area (Å²) in [5.41, 5.74) is 1.99. The molecule has 0 aliphatic carbocycles. The topological polar surface area (TPSA) is 59.2 Å². The van der Waals surface area contributed by atoms with Crippen molar-refractivity contribution >= 4 is 35.0 Å². The second-order valence-corrected chi connectivity index (χ2v) is 7.78. The first-order chi connectivity index (χ1) is 13.4. The molecule has 7 heteroatoms. The van der Waals surface area contributed by atoms with Gasteiger partial charge in [-0.15, -0.1) is 0 Å². The summed E-state index contributed by atoms with van der Waals surface area (Å²) < 4.78 is 5.29. The number of Topliss-reactive ketones (excluding diaryl/α,β-unsaturated/α-hetero) is 1. The third kappa shape index (κ3) is 5.57. The zero-order valence-electron chi connectivity index (χ0n) is 15.7. The number of nitrogens with zero attached hydrogens (tertiary/aromatic N) is 3. The molecule has 1 aromatic heterocycles. The van der Waals surface area contributed by atoms with Gasteiger partial charge < -0.3 is 9.42 Å². The molecule has 0 bridgehead atoms. The van der Waals surface area contributed by atoms with Crippen molar-refractivity contribution in [2.45, 2.75) is 25.2 Å². The molecule has 146 valence electrons. The lowest BCUT2D eigenvalue weighted by Gasteiger charge is -2.13. The van der Waals surface area contributed by atoms with E-state index < -0.39 is 0 Å². The second kappa shape index (κ2) is 9.22. The molecule has 0 radical (unpaired) electrons. The minimum atomic E-state index is -0.182. The first kappa shape index (κ1) is 20.4. The van der Waals surface area contributed by atoms with Crippen LogP contribution < -0.4 is 4.90 Å². The van der Waals surface area contributed by atoms with Crippen LogP contribution in [-0.4, -0.2) is 30.0 Å². The lowest BCUT2D eigenvalue weighted by molar-refractivity contribution is -0.118. The van der Waals surface area contributed by atoms with Gasteiger partial charge in [-0.05, 0) is 41.8 Å². The molecule has 0 aliphatic heterocycles. The van der Waals surface area contributed by atoms with Gasteiger partial charge in [-0.1, -0.05) is 52.6 Å². The molecule has 5 nitrogen and oxygen atoms in total. The largest absolute Gasteiger partial charge is 0.331 e. The normalized spacial score (nSPS) is 12.0. The van der Waals surface area contributed by atoms with E-state index in [1.165, 1.54) is 0 Å². The average Bonchev–Trinajstić information content (AvgIpc) is 3.15. The molecule has 28 heavy (non-hydrogen) atoms. The fourth-order valence-corrected chi connectivity index (χ4v) is 3.16. The number of aromatic nitrogens is 2. The van der Waals surface area contributed by atoms with Gasteiger partial charge in [0.25, 0.3) is 0 Å². The molecule has 3 aromatic rings. The highest BCUT2D eigenvalue weighted by Gasteiger charge is 2.23. The quantitative estimate of drug-likeness (QED) is 0.517. The van der Waals surface area contributed by atoms with Gasteiger partial charge in [-0.2, -0.15) is 4.98 Å². The minimum absolute atomic E-state index is 0.109. The molecule has 0 saturated heterocycles. The summed E-state index contributed by atoms with van der Waals surface area (Å²) in [6.07, 6.45) is 1.28. The fraction of sp³-hybridized carbons (Fsp3) is 0.286. The summed E-state index contributed by atoms with van der Waals surface area (Å²) in [6, 6.07) is 15.3. The smallest absolute Gasteiger partial charge is 0.323 e. The van der Waals surface area contributed by atoms with Gasteiger partial charge in [0.15, 0.2) is 5.82 Å². The van der Waals surface area contributed by atoms with E-state index >= 15 is 0 Å². The number of carbonyl (C=O) groups is 1. The van der Waals surface area contributed by atoms with Gasteiger partial charge in [0.2, 0.25) is 0 Å². The Kier molecular flexibility index (Phi) is 6.70. The third-order valence-electron chi connectivity index (χ3n) is 4.36. The lowest BCUT2D eigenvalue weighted by Crippen LogP contribution is -2.14. The Hall–Kier alpha value is -2.37. The number of benzene rings is 2. The van der Waals surface area contributed by atoms with E-state index in [1.807, 2.05) is 50.5 Å². The van der Waals surface area contributed by atoms with E-state index in [-0.39, 0.29) is 11.7 Å². The van der Waals surface area contributed by atoms with Gasteiger partial charge >= 0.3 is 6.01 Å². The zero-order chi connectivity index (χ0) is 20.1. The van der Waals surface area contributed by atoms with Crippen LogP contribution in [0.15, 0.2) is 53.1 Å². The summed E-state index contributed by atoms with van der Waals surface area (Å²) in [7, 11) is 3.66. The van der Waals surface area contributed by atoms with Crippen LogP contribution in [0.2, 0.25) is 10.0 Å². The number of hydrogen-bond acceptors (Lipinski definition) is 5. The highest BCUT2D eigenvalue weighted by Crippen LogP contribution is 2.26. The fourth-order valence-electron chi connectivity index (χ4n) is 2.91. The van der Waals surface area contributed by atoms with Crippen LogP contribution in [0, 0.1) is 0 Å². The van der Waals surface area contributed by atoms with Gasteiger partial charge in [0, 0.05) is 42.9 Å². The van der Waals surface area contributed by atoms with Crippen LogP contribution in [0.5, 0.6) is 0 Å². The predicted molar refractivity (Wildman–Crippen MR) is 111 cm³/mol. The summed E-state index contributed by atoms with van der Waals surface area (Å²) in [5, 5.41) is 5.43. The van der Waals surface area contributed by atoms with Crippen molar-refractivity contribution < 1.29 is 9.32 Å². The molecule has 3 rings (SSSR count). The molecule has 0 spiro atoms. The summed E-state index contributed by atoms with van der Waals surface area (Å²) in [5.74, 6) is 0.457. The van der Waals surface area contributed by atoms with Crippen LogP contribution in [-0.2, 0) is 17.6 Å². The van der Waals surface area contributed by atoms with Gasteiger partial charge in [0.05, 0.1) is 0 Å². The number of carbonyl (C=O) groups excluding carboxylic acids is 1. The van der Waals surface area contributed by atoms with E-state index in [4.69, 9.17) is 27.7 Å². The Bertz CT molecular complexity index is 922. The maximum atomic E-state index is 12.7. The van der Waals surface area contributed by atoms with Crippen LogP contribution in [0.4, 0.5) is 6.01 Å². The highest BCUT2D eigenvalue weighted by molar-refractivity contribution is 6.30. The lowest BCUT2D eigenvalue weighted by atomic mass is 9.91. The van der Waals surface area contributed by atoms with Crippen molar-refractivity contribution in [3.8, 4) is 0 Å². The molecule has 2 aromatic carbocycles. The molecule has 1 atom stereocenters. The summed E-state index contributed by atoms with van der Waals surface area (Å²) in [4.78, 5) is 18.9. The average molecular weight is 418 g/mol. The van der Waals surface area contributed by atoms with E-state index in [1.54, 1.807) is 17.0 Å². The van der Waals surface area contributed by atoms with Gasteiger partial charge in [0.1, 0.15) is 5.78 Å². The van der Waals surface area contributed by atoms with Crippen molar-refractivity contribution in [2.24, 2.45) is 0 Å². The monoisotopic (exact) mass is 417 g/mol. The van der Waals surface area contributed by atoms with Crippen LogP contribution in [0.25, 0.3) is 0 Å². The van der Waals surface area contributed by atoms with E-state index in [2.05, 4.69) is 10.1 Å². The first-order valence-electron chi connectivity index (χ1n) is 8.92. The molecule has 0 unspecified atom stereocenters. The number of ketones is 1. The Balaban J connectivity index is 1.77. The maximum absolute atomic E-state index is 12.7. The molecule has 0 N–H and O–H groups in total. The molecular weight excluding hydrogens is 397 g/mol. The Morgan fingerprint density at radius 3 is 2.11 bits per heavy atom. The number of hydrogen-bond donors (Lipinski definition) is 0. The second-order valence-electron chi connectivity index (χ2n) is 6.90. The van der Waals surface area contributed by atoms with Crippen LogP contribution in [0.1, 0.15) is 29.3 Å². The summed E-state index contributed by atoms with van der Waals surface area (Å²) in [6.45, 7) is 0. The molecule has 0 fully saturated rings. The van der Waals surface area contributed by atoms with Crippen molar-refractivity contribution in [3.05, 3.63) is 75.5 Å². The van der Waals surface area contributed by atoms with Crippen molar-refractivity contribution in [1.29, 1.82) is 0 Å². The van der Waals surface area contributed by atoms with E-state index in [0.717, 1.165) is 11.1 Å². The minimum Gasteiger partial charge on any atom is -0.331 e. The molecule has 0 amide bonds. The van der Waals surface area contributed by atoms with E-state index in [0.29, 0.717) is 41.1 Å². The molecular formula is C21H21Cl2N3O2. The Morgan fingerprint density at radius 2 is 1.57 bits per heavy atom. The zero-order valence-corrected chi connectivity index (χ0v) is 17.2. The number of halogens is 2. The first-order valence-corrected chi connectivity index (χ1v) is 9.68. The van der Waals surface area contributed by atoms with Crippen molar-refractivity contribution in [1.82, 2.24) is 10.1 Å². The Labute approximate surface area is 174 Å². The Morgan fingerprint density at radius 1 is 1.00 bits per heavy atom. The highest BCUT2D eigenvalue weighted by atomic mass is 35.5. The van der Waals surface area contributed by atoms with E-state index in [9.17, 15) is 4.79 Å². The standard InChI is InChI=1S/C21H21Cl2N3O2/c1-26(2)21-24-20(25-28-21)16(11-14-3-7-17(22)8-4-14)13-19(27)12-15-5-9-18(23)10-6-15/h3-10,16H,11-13H2,1-2H3/t16-/m1/s1. The SMILES string of the molecule is CN(C)c1nc([C@@H](CC(=O)Cc2ccc(Cl)cc2)Cc2ccc(Cl)cc2)no1. The van der Waals surface area contributed by atoms with Gasteiger partial charge in [-0.3, -0.25) is 4.79 Å². The third-order valence-corrected chi connectivity index (χ3v) is 4.87. The van der Waals surface area contributed by atoms with Gasteiger partial charge in [-0.25, -0.2) is 0 Å². The molecule has 1 heterocycles. The predicted octanol–water partition coefficient (Wildman–Crippen LogP) is 4.97.